The summed E-state index contributed by atoms with van der Waals surface area (Å²) in [5.74, 6) is 0.619. The molecule has 0 atom stereocenters. The highest BCUT2D eigenvalue weighted by Gasteiger charge is 2.10. The summed E-state index contributed by atoms with van der Waals surface area (Å²) in [4.78, 5) is 12.2. The molecule has 2 aromatic carbocycles. The number of carbonyl (C=O) groups excluding carboxylic acids is 1. The molecule has 0 saturated heterocycles. The van der Waals surface area contributed by atoms with Gasteiger partial charge in [0, 0.05) is 6.42 Å². The predicted octanol–water partition coefficient (Wildman–Crippen LogP) is 3.20. The van der Waals surface area contributed by atoms with E-state index in [9.17, 15) is 4.79 Å². The topological polar surface area (TPSA) is 94.8 Å². The highest BCUT2D eigenvalue weighted by Crippen LogP contribution is 2.19. The highest BCUT2D eigenvalue weighted by atomic mass is 32.1. The van der Waals surface area contributed by atoms with Gasteiger partial charge in [-0.3, -0.25) is 4.79 Å². The number of para-hydroxylation sites is 1. The molecule has 1 amide bonds. The van der Waals surface area contributed by atoms with Gasteiger partial charge in [0.05, 0.1) is 12.1 Å². The normalized spacial score (nSPS) is 10.9. The summed E-state index contributed by atoms with van der Waals surface area (Å²) in [7, 11) is 0. The van der Waals surface area contributed by atoms with Gasteiger partial charge in [-0.05, 0) is 31.2 Å². The van der Waals surface area contributed by atoms with Crippen molar-refractivity contribution < 1.29 is 9.53 Å². The molecule has 0 aliphatic heterocycles. The Morgan fingerprint density at radius 2 is 1.93 bits per heavy atom. The van der Waals surface area contributed by atoms with E-state index in [0.29, 0.717) is 23.3 Å². The van der Waals surface area contributed by atoms with Crippen molar-refractivity contribution in [2.24, 2.45) is 0 Å². The molecule has 2 heterocycles. The summed E-state index contributed by atoms with van der Waals surface area (Å²) < 4.78 is 7.40. The first-order chi connectivity index (χ1) is 13.7. The summed E-state index contributed by atoms with van der Waals surface area (Å²) in [6.07, 6.45) is 0.266. The van der Waals surface area contributed by atoms with Gasteiger partial charge in [-0.1, -0.05) is 46.4 Å². The third kappa shape index (κ3) is 4.32. The summed E-state index contributed by atoms with van der Waals surface area (Å²) in [5, 5.41) is 20.1. The van der Waals surface area contributed by atoms with E-state index in [2.05, 4.69) is 25.8 Å². The zero-order valence-corrected chi connectivity index (χ0v) is 16.0. The maximum absolute atomic E-state index is 12.2. The number of amides is 1. The molecule has 0 saturated carbocycles. The van der Waals surface area contributed by atoms with Crippen LogP contribution in [-0.2, 0) is 17.9 Å². The van der Waals surface area contributed by atoms with Gasteiger partial charge in [-0.2, -0.15) is 0 Å². The standard InChI is InChI=1S/C19H18N6O2S/c1-13-6-8-14(9-7-13)27-12-18-22-23-19(28-18)20-17(26)10-11-25-16-5-3-2-4-15(16)21-24-25/h2-9H,10-12H2,1H3,(H,20,23,26). The number of anilines is 1. The number of nitrogens with zero attached hydrogens (tertiary/aromatic N) is 5. The van der Waals surface area contributed by atoms with Gasteiger partial charge in [0.15, 0.2) is 5.01 Å². The van der Waals surface area contributed by atoms with Crippen LogP contribution < -0.4 is 10.1 Å². The fourth-order valence-electron chi connectivity index (χ4n) is 2.61. The number of hydrogen-bond acceptors (Lipinski definition) is 7. The molecule has 0 spiro atoms. The Bertz CT molecular complexity index is 1090. The number of carbonyl (C=O) groups is 1. The van der Waals surface area contributed by atoms with Crippen molar-refractivity contribution in [3.8, 4) is 5.75 Å². The zero-order chi connectivity index (χ0) is 19.3. The van der Waals surface area contributed by atoms with E-state index in [1.807, 2.05) is 55.5 Å². The van der Waals surface area contributed by atoms with E-state index in [1.54, 1.807) is 4.68 Å². The number of aryl methyl sites for hydroxylation is 2. The third-order valence-corrected chi connectivity index (χ3v) is 4.88. The first-order valence-corrected chi connectivity index (χ1v) is 9.59. The molecule has 28 heavy (non-hydrogen) atoms. The Morgan fingerprint density at radius 1 is 1.11 bits per heavy atom. The Hall–Kier alpha value is -3.33. The second-order valence-electron chi connectivity index (χ2n) is 6.20. The summed E-state index contributed by atoms with van der Waals surface area (Å²) in [5.41, 5.74) is 2.89. The quantitative estimate of drug-likeness (QED) is 0.517. The van der Waals surface area contributed by atoms with Crippen LogP contribution in [0.4, 0.5) is 5.13 Å². The van der Waals surface area contributed by atoms with Crippen molar-refractivity contribution in [2.75, 3.05) is 5.32 Å². The molecular weight excluding hydrogens is 376 g/mol. The van der Waals surface area contributed by atoms with Crippen LogP contribution in [0.5, 0.6) is 5.75 Å². The lowest BCUT2D eigenvalue weighted by atomic mass is 10.2. The van der Waals surface area contributed by atoms with Gasteiger partial charge in [0.2, 0.25) is 11.0 Å². The Balaban J connectivity index is 1.28. The number of benzene rings is 2. The number of nitrogens with one attached hydrogen (secondary N) is 1. The second kappa shape index (κ2) is 8.13. The molecule has 1 N–H and O–H groups in total. The summed E-state index contributed by atoms with van der Waals surface area (Å²) in [6, 6.07) is 15.4. The average Bonchev–Trinajstić information content (AvgIpc) is 3.33. The Morgan fingerprint density at radius 3 is 2.79 bits per heavy atom. The van der Waals surface area contributed by atoms with Crippen molar-refractivity contribution in [2.45, 2.75) is 26.5 Å². The summed E-state index contributed by atoms with van der Waals surface area (Å²) in [6.45, 7) is 2.77. The van der Waals surface area contributed by atoms with Gasteiger partial charge < -0.3 is 10.1 Å². The van der Waals surface area contributed by atoms with Crippen LogP contribution in [0, 0.1) is 6.92 Å². The highest BCUT2D eigenvalue weighted by molar-refractivity contribution is 7.15. The van der Waals surface area contributed by atoms with Crippen LogP contribution in [0.15, 0.2) is 48.5 Å². The molecule has 9 heteroatoms. The monoisotopic (exact) mass is 394 g/mol. The molecule has 0 radical (unpaired) electrons. The van der Waals surface area contributed by atoms with Crippen LogP contribution >= 0.6 is 11.3 Å². The van der Waals surface area contributed by atoms with E-state index in [4.69, 9.17) is 4.74 Å². The van der Waals surface area contributed by atoms with Crippen LogP contribution in [-0.4, -0.2) is 31.1 Å². The van der Waals surface area contributed by atoms with Crippen LogP contribution in [0.2, 0.25) is 0 Å². The number of rotatable bonds is 7. The van der Waals surface area contributed by atoms with Crippen LogP contribution in [0.3, 0.4) is 0 Å². The number of hydrogen-bond donors (Lipinski definition) is 1. The van der Waals surface area contributed by atoms with E-state index >= 15 is 0 Å². The van der Waals surface area contributed by atoms with Crippen molar-refractivity contribution in [3.63, 3.8) is 0 Å². The molecule has 8 nitrogen and oxygen atoms in total. The minimum absolute atomic E-state index is 0.151. The van der Waals surface area contributed by atoms with Gasteiger partial charge in [-0.25, -0.2) is 4.68 Å². The number of fused-ring (bicyclic) bond motifs is 1. The smallest absolute Gasteiger partial charge is 0.228 e. The van der Waals surface area contributed by atoms with Gasteiger partial charge in [-0.15, -0.1) is 15.3 Å². The largest absolute Gasteiger partial charge is 0.486 e. The molecule has 4 aromatic rings. The van der Waals surface area contributed by atoms with E-state index in [0.717, 1.165) is 16.8 Å². The minimum Gasteiger partial charge on any atom is -0.486 e. The van der Waals surface area contributed by atoms with Gasteiger partial charge in [0.1, 0.15) is 17.9 Å². The fraction of sp³-hybridized carbons (Fsp3) is 0.211. The molecule has 142 valence electrons. The fourth-order valence-corrected chi connectivity index (χ4v) is 3.28. The van der Waals surface area contributed by atoms with Crippen molar-refractivity contribution in [1.29, 1.82) is 0 Å². The second-order valence-corrected chi connectivity index (χ2v) is 7.26. The molecular formula is C19H18N6O2S. The van der Waals surface area contributed by atoms with Crippen molar-refractivity contribution in [1.82, 2.24) is 25.2 Å². The predicted molar refractivity (Wildman–Crippen MR) is 106 cm³/mol. The maximum Gasteiger partial charge on any atom is 0.228 e. The maximum atomic E-state index is 12.2. The lowest BCUT2D eigenvalue weighted by Crippen LogP contribution is -2.15. The van der Waals surface area contributed by atoms with Crippen LogP contribution in [0.25, 0.3) is 11.0 Å². The molecule has 0 aliphatic rings. The van der Waals surface area contributed by atoms with E-state index < -0.39 is 0 Å². The first-order valence-electron chi connectivity index (χ1n) is 8.77. The molecule has 4 rings (SSSR count). The number of ether oxygens (including phenoxy) is 1. The SMILES string of the molecule is Cc1ccc(OCc2nnc(NC(=O)CCn3nnc4ccccc43)s2)cc1. The lowest BCUT2D eigenvalue weighted by molar-refractivity contribution is -0.116. The molecule has 0 bridgehead atoms. The van der Waals surface area contributed by atoms with Gasteiger partial charge >= 0.3 is 0 Å². The molecule has 0 unspecified atom stereocenters. The third-order valence-electron chi connectivity index (χ3n) is 4.07. The van der Waals surface area contributed by atoms with E-state index in [1.165, 1.54) is 16.9 Å². The summed E-state index contributed by atoms with van der Waals surface area (Å²) >= 11 is 1.30. The van der Waals surface area contributed by atoms with E-state index in [-0.39, 0.29) is 12.3 Å². The van der Waals surface area contributed by atoms with Gasteiger partial charge in [0.25, 0.3) is 0 Å². The molecule has 2 aromatic heterocycles. The molecule has 0 fully saturated rings. The average molecular weight is 394 g/mol. The Kier molecular flexibility index (Phi) is 5.24. The lowest BCUT2D eigenvalue weighted by Gasteiger charge is -2.03. The zero-order valence-electron chi connectivity index (χ0n) is 15.2. The first kappa shape index (κ1) is 18.1. The van der Waals surface area contributed by atoms with Crippen molar-refractivity contribution in [3.05, 3.63) is 59.1 Å². The van der Waals surface area contributed by atoms with Crippen molar-refractivity contribution >= 4 is 33.4 Å². The van der Waals surface area contributed by atoms with Crippen LogP contribution in [0.1, 0.15) is 17.0 Å². The Labute approximate surface area is 165 Å². The molecule has 0 aliphatic carbocycles. The minimum atomic E-state index is -0.151. The number of aromatic nitrogens is 5.